The highest BCUT2D eigenvalue weighted by Gasteiger charge is 2.46. The SMILES string of the molecule is CC(C)CCN1CC2(CCNC2)OC1=O. The number of rotatable bonds is 3. The maximum atomic E-state index is 11.6. The highest BCUT2D eigenvalue weighted by Crippen LogP contribution is 2.28. The van der Waals surface area contributed by atoms with Gasteiger partial charge in [-0.2, -0.15) is 0 Å². The maximum Gasteiger partial charge on any atom is 0.410 e. The van der Waals surface area contributed by atoms with Crippen LogP contribution in [-0.4, -0.2) is 42.8 Å². The number of nitrogens with one attached hydrogen (secondary N) is 1. The number of carbonyl (C=O) groups is 1. The van der Waals surface area contributed by atoms with E-state index in [1.54, 1.807) is 0 Å². The lowest BCUT2D eigenvalue weighted by molar-refractivity contribution is 0.0727. The van der Waals surface area contributed by atoms with Gasteiger partial charge in [0.05, 0.1) is 6.54 Å². The van der Waals surface area contributed by atoms with Crippen LogP contribution in [-0.2, 0) is 4.74 Å². The summed E-state index contributed by atoms with van der Waals surface area (Å²) in [6, 6.07) is 0. The Hall–Kier alpha value is -0.770. The van der Waals surface area contributed by atoms with Crippen LogP contribution in [0, 0.1) is 5.92 Å². The topological polar surface area (TPSA) is 41.6 Å². The van der Waals surface area contributed by atoms with Gasteiger partial charge in [-0.25, -0.2) is 4.79 Å². The molecule has 0 aromatic carbocycles. The number of hydrogen-bond donors (Lipinski definition) is 1. The van der Waals surface area contributed by atoms with Crippen molar-refractivity contribution in [3.8, 4) is 0 Å². The largest absolute Gasteiger partial charge is 0.439 e. The summed E-state index contributed by atoms with van der Waals surface area (Å²) >= 11 is 0. The summed E-state index contributed by atoms with van der Waals surface area (Å²) in [4.78, 5) is 13.5. The number of amides is 1. The second kappa shape index (κ2) is 4.00. The van der Waals surface area contributed by atoms with Crippen LogP contribution in [0.3, 0.4) is 0 Å². The molecule has 0 radical (unpaired) electrons. The number of ether oxygens (including phenoxy) is 1. The number of hydrogen-bond acceptors (Lipinski definition) is 3. The summed E-state index contributed by atoms with van der Waals surface area (Å²) in [6.45, 7) is 7.73. The predicted octanol–water partition coefficient (Wildman–Crippen LogP) is 1.22. The zero-order chi connectivity index (χ0) is 10.9. The first kappa shape index (κ1) is 10.7. The van der Waals surface area contributed by atoms with Gasteiger partial charge in [-0.05, 0) is 18.9 Å². The van der Waals surface area contributed by atoms with Gasteiger partial charge in [-0.3, -0.25) is 0 Å². The minimum absolute atomic E-state index is 0.126. The lowest BCUT2D eigenvalue weighted by Crippen LogP contribution is -2.37. The summed E-state index contributed by atoms with van der Waals surface area (Å²) in [5.41, 5.74) is -0.214. The van der Waals surface area contributed by atoms with Crippen molar-refractivity contribution < 1.29 is 9.53 Å². The number of carbonyl (C=O) groups excluding carboxylic acids is 1. The van der Waals surface area contributed by atoms with Crippen LogP contribution in [0.5, 0.6) is 0 Å². The van der Waals surface area contributed by atoms with Crippen molar-refractivity contribution >= 4 is 6.09 Å². The first-order valence-electron chi connectivity index (χ1n) is 5.80. The smallest absolute Gasteiger partial charge is 0.410 e. The van der Waals surface area contributed by atoms with Crippen LogP contribution in [0.1, 0.15) is 26.7 Å². The van der Waals surface area contributed by atoms with E-state index in [4.69, 9.17) is 4.74 Å². The zero-order valence-electron chi connectivity index (χ0n) is 9.58. The first-order chi connectivity index (χ1) is 7.11. The zero-order valence-corrected chi connectivity index (χ0v) is 9.58. The normalized spacial score (nSPS) is 30.6. The fourth-order valence-corrected chi connectivity index (χ4v) is 2.22. The molecule has 1 amide bonds. The third-order valence-electron chi connectivity index (χ3n) is 3.22. The van der Waals surface area contributed by atoms with E-state index in [1.165, 1.54) is 0 Å². The second-order valence-electron chi connectivity index (χ2n) is 5.08. The van der Waals surface area contributed by atoms with Gasteiger partial charge in [-0.15, -0.1) is 0 Å². The average Bonchev–Trinajstić information content (AvgIpc) is 2.72. The van der Waals surface area contributed by atoms with Gasteiger partial charge in [0, 0.05) is 19.5 Å². The Balaban J connectivity index is 1.89. The Morgan fingerprint density at radius 2 is 2.40 bits per heavy atom. The maximum absolute atomic E-state index is 11.6. The summed E-state index contributed by atoms with van der Waals surface area (Å²) < 4.78 is 5.48. The van der Waals surface area contributed by atoms with Crippen LogP contribution in [0.4, 0.5) is 4.79 Å². The van der Waals surface area contributed by atoms with Crippen molar-refractivity contribution in [1.82, 2.24) is 10.2 Å². The molecule has 1 N–H and O–H groups in total. The Morgan fingerprint density at radius 1 is 1.60 bits per heavy atom. The van der Waals surface area contributed by atoms with Gasteiger partial charge >= 0.3 is 6.09 Å². The molecule has 2 heterocycles. The van der Waals surface area contributed by atoms with Crippen molar-refractivity contribution in [1.29, 1.82) is 0 Å². The van der Waals surface area contributed by atoms with Gasteiger partial charge in [0.2, 0.25) is 0 Å². The summed E-state index contributed by atoms with van der Waals surface area (Å²) in [5.74, 6) is 0.635. The average molecular weight is 212 g/mol. The first-order valence-corrected chi connectivity index (χ1v) is 5.80. The van der Waals surface area contributed by atoms with Gasteiger partial charge in [0.15, 0.2) is 0 Å². The molecule has 2 fully saturated rings. The standard InChI is InChI=1S/C11H20N2O2/c1-9(2)3-6-13-8-11(15-10(13)14)4-5-12-7-11/h9,12H,3-8H2,1-2H3. The molecular formula is C11H20N2O2. The molecule has 1 unspecified atom stereocenters. The van der Waals surface area contributed by atoms with Crippen LogP contribution in [0.2, 0.25) is 0 Å². The van der Waals surface area contributed by atoms with E-state index < -0.39 is 0 Å². The minimum atomic E-state index is -0.214. The van der Waals surface area contributed by atoms with Gasteiger partial charge in [0.25, 0.3) is 0 Å². The van der Waals surface area contributed by atoms with E-state index in [0.29, 0.717) is 5.92 Å². The molecule has 2 aliphatic rings. The van der Waals surface area contributed by atoms with E-state index in [2.05, 4.69) is 19.2 Å². The van der Waals surface area contributed by atoms with Gasteiger partial charge < -0.3 is 15.0 Å². The van der Waals surface area contributed by atoms with E-state index in [9.17, 15) is 4.79 Å². The van der Waals surface area contributed by atoms with Crippen molar-refractivity contribution in [2.24, 2.45) is 5.92 Å². The molecule has 4 nitrogen and oxygen atoms in total. The summed E-state index contributed by atoms with van der Waals surface area (Å²) in [6.07, 6.45) is 1.88. The lowest BCUT2D eigenvalue weighted by Gasteiger charge is -2.19. The Bertz CT molecular complexity index is 247. The second-order valence-corrected chi connectivity index (χ2v) is 5.08. The van der Waals surface area contributed by atoms with Crippen LogP contribution >= 0.6 is 0 Å². The molecule has 0 aromatic heterocycles. The molecule has 2 rings (SSSR count). The molecule has 0 aliphatic carbocycles. The van der Waals surface area contributed by atoms with Crippen LogP contribution in [0.25, 0.3) is 0 Å². The van der Waals surface area contributed by atoms with Crippen molar-refractivity contribution in [2.75, 3.05) is 26.2 Å². The minimum Gasteiger partial charge on any atom is -0.439 e. The third-order valence-corrected chi connectivity index (χ3v) is 3.22. The molecule has 0 aromatic rings. The molecule has 0 saturated carbocycles. The van der Waals surface area contributed by atoms with Gasteiger partial charge in [-0.1, -0.05) is 13.8 Å². The summed E-state index contributed by atoms with van der Waals surface area (Å²) in [7, 11) is 0. The van der Waals surface area contributed by atoms with Gasteiger partial charge in [0.1, 0.15) is 5.60 Å². The third kappa shape index (κ3) is 2.25. The highest BCUT2D eigenvalue weighted by atomic mass is 16.6. The monoisotopic (exact) mass is 212 g/mol. The fourth-order valence-electron chi connectivity index (χ4n) is 2.22. The molecule has 2 saturated heterocycles. The predicted molar refractivity (Wildman–Crippen MR) is 57.7 cm³/mol. The molecule has 1 atom stereocenters. The van der Waals surface area contributed by atoms with Crippen molar-refractivity contribution in [3.05, 3.63) is 0 Å². The van der Waals surface area contributed by atoms with Crippen molar-refractivity contribution in [3.63, 3.8) is 0 Å². The molecular weight excluding hydrogens is 192 g/mol. The van der Waals surface area contributed by atoms with E-state index in [1.807, 2.05) is 4.90 Å². The van der Waals surface area contributed by atoms with E-state index >= 15 is 0 Å². The Kier molecular flexibility index (Phi) is 2.87. The van der Waals surface area contributed by atoms with E-state index in [0.717, 1.165) is 39.0 Å². The molecule has 1 spiro atoms. The van der Waals surface area contributed by atoms with Crippen LogP contribution < -0.4 is 5.32 Å². The molecule has 4 heteroatoms. The Morgan fingerprint density at radius 3 is 3.00 bits per heavy atom. The summed E-state index contributed by atoms with van der Waals surface area (Å²) in [5, 5.41) is 3.26. The molecule has 0 bridgehead atoms. The number of nitrogens with zero attached hydrogens (tertiary/aromatic N) is 1. The quantitative estimate of drug-likeness (QED) is 0.764. The van der Waals surface area contributed by atoms with Crippen LogP contribution in [0.15, 0.2) is 0 Å². The molecule has 86 valence electrons. The fraction of sp³-hybridized carbons (Fsp3) is 0.909. The molecule has 2 aliphatic heterocycles. The molecule has 15 heavy (non-hydrogen) atoms. The van der Waals surface area contributed by atoms with E-state index in [-0.39, 0.29) is 11.7 Å². The highest BCUT2D eigenvalue weighted by molar-refractivity contribution is 5.70. The van der Waals surface area contributed by atoms with Crippen molar-refractivity contribution in [2.45, 2.75) is 32.3 Å². The lowest BCUT2D eigenvalue weighted by atomic mass is 10.0. The Labute approximate surface area is 91.0 Å².